The fraction of sp³-hybridized carbons (Fsp3) is 0.625. The number of sulfonamides is 1. The summed E-state index contributed by atoms with van der Waals surface area (Å²) in [5.74, 6) is -4.07. The van der Waals surface area contributed by atoms with Gasteiger partial charge in [-0.2, -0.15) is 0 Å². The molecule has 0 aromatic rings. The van der Waals surface area contributed by atoms with Crippen LogP contribution in [0, 0.1) is 0 Å². The van der Waals surface area contributed by atoms with E-state index in [9.17, 15) is 22.8 Å². The van der Waals surface area contributed by atoms with Crippen molar-refractivity contribution in [1.29, 1.82) is 0 Å². The lowest BCUT2D eigenvalue weighted by molar-refractivity contribution is -0.153. The fourth-order valence-electron chi connectivity index (χ4n) is 1.44. The summed E-state index contributed by atoms with van der Waals surface area (Å²) in [5, 5.41) is 17.2. The van der Waals surface area contributed by atoms with Crippen molar-refractivity contribution in [2.24, 2.45) is 0 Å². The smallest absolute Gasteiger partial charge is 0.328 e. The van der Waals surface area contributed by atoms with E-state index in [2.05, 4.69) is 0 Å². The summed E-state index contributed by atoms with van der Waals surface area (Å²) in [5.41, 5.74) is 0. The maximum atomic E-state index is 11.7. The number of carboxylic acid groups (broad SMARTS) is 2. The molecule has 1 atom stereocenters. The molecule has 2 N–H and O–H groups in total. The first-order chi connectivity index (χ1) is 7.53. The third-order valence-electron chi connectivity index (χ3n) is 2.56. The van der Waals surface area contributed by atoms with Gasteiger partial charge in [-0.3, -0.25) is 9.59 Å². The van der Waals surface area contributed by atoms with Gasteiger partial charge in [0.25, 0.3) is 15.9 Å². The quantitative estimate of drug-likeness (QED) is 0.657. The van der Waals surface area contributed by atoms with Gasteiger partial charge in [-0.25, -0.2) is 17.5 Å². The van der Waals surface area contributed by atoms with Crippen LogP contribution in [0.3, 0.4) is 0 Å². The summed E-state index contributed by atoms with van der Waals surface area (Å²) in [6.45, 7) is 2.28. The zero-order valence-electron chi connectivity index (χ0n) is 9.08. The molecule has 9 heteroatoms. The lowest BCUT2D eigenvalue weighted by Crippen LogP contribution is -2.71. The Morgan fingerprint density at radius 2 is 1.82 bits per heavy atom. The number of aliphatic carboxylic acids is 2. The monoisotopic (exact) mass is 265 g/mol. The molecular weight excluding hydrogens is 254 g/mol. The lowest BCUT2D eigenvalue weighted by Gasteiger charge is -2.45. The summed E-state index contributed by atoms with van der Waals surface area (Å²) >= 11 is 0. The van der Waals surface area contributed by atoms with Crippen LogP contribution in [0.15, 0.2) is 0 Å². The number of hydrogen-bond acceptors (Lipinski definition) is 5. The Morgan fingerprint density at radius 3 is 2.12 bits per heavy atom. The Morgan fingerprint density at radius 1 is 1.35 bits per heavy atom. The molecule has 0 spiro atoms. The average Bonchev–Trinajstić information content (AvgIpc) is 2.14. The average molecular weight is 265 g/mol. The van der Waals surface area contributed by atoms with Crippen molar-refractivity contribution in [3.8, 4) is 0 Å². The van der Waals surface area contributed by atoms with Gasteiger partial charge in [-0.1, -0.05) is 0 Å². The van der Waals surface area contributed by atoms with Crippen LogP contribution >= 0.6 is 0 Å². The molecule has 17 heavy (non-hydrogen) atoms. The number of carboxylic acids is 2. The van der Waals surface area contributed by atoms with Crippen molar-refractivity contribution in [3.05, 3.63) is 0 Å². The maximum absolute atomic E-state index is 11.7. The second-order valence-electron chi connectivity index (χ2n) is 4.07. The largest absolute Gasteiger partial charge is 0.481 e. The van der Waals surface area contributed by atoms with Gasteiger partial charge < -0.3 is 10.2 Å². The topological polar surface area (TPSA) is 129 Å². The minimum Gasteiger partial charge on any atom is -0.481 e. The van der Waals surface area contributed by atoms with Gasteiger partial charge in [-0.15, -0.1) is 0 Å². The van der Waals surface area contributed by atoms with Crippen LogP contribution in [-0.2, 0) is 24.4 Å². The standard InChI is InChI=1S/C8H11NO7S/c1-8(2)7(14)9(17(8,15)16)4(6(12)13)3-5(10)11/h4H,3H2,1-2H3,(H,10,11)(H,12,13). The molecule has 0 aromatic heterocycles. The van der Waals surface area contributed by atoms with E-state index in [1.54, 1.807) is 0 Å². The summed E-state index contributed by atoms with van der Waals surface area (Å²) in [4.78, 5) is 32.8. The first-order valence-corrected chi connectivity index (χ1v) is 6.00. The third-order valence-corrected chi connectivity index (χ3v) is 4.96. The minimum atomic E-state index is -4.10. The van der Waals surface area contributed by atoms with Crippen molar-refractivity contribution in [2.45, 2.75) is 31.1 Å². The van der Waals surface area contributed by atoms with Crippen molar-refractivity contribution < 1.29 is 33.0 Å². The first-order valence-electron chi connectivity index (χ1n) is 4.56. The Balaban J connectivity index is 3.12. The van der Waals surface area contributed by atoms with E-state index in [4.69, 9.17) is 10.2 Å². The molecule has 8 nitrogen and oxygen atoms in total. The predicted octanol–water partition coefficient (Wildman–Crippen LogP) is -1.14. The van der Waals surface area contributed by atoms with Gasteiger partial charge in [0, 0.05) is 0 Å². The van der Waals surface area contributed by atoms with Crippen LogP contribution in [0.5, 0.6) is 0 Å². The lowest BCUT2D eigenvalue weighted by atomic mass is 10.1. The van der Waals surface area contributed by atoms with Crippen molar-refractivity contribution >= 4 is 27.9 Å². The molecule has 1 amide bonds. The maximum Gasteiger partial charge on any atom is 0.328 e. The number of hydrogen-bond donors (Lipinski definition) is 2. The summed E-state index contributed by atoms with van der Waals surface area (Å²) in [6, 6.07) is -1.89. The van der Waals surface area contributed by atoms with Crippen LogP contribution in [-0.4, -0.2) is 51.6 Å². The van der Waals surface area contributed by atoms with Gasteiger partial charge in [0.05, 0.1) is 6.42 Å². The molecule has 1 aliphatic rings. The second kappa shape index (κ2) is 3.69. The third kappa shape index (κ3) is 1.75. The van der Waals surface area contributed by atoms with Crippen molar-refractivity contribution in [2.75, 3.05) is 0 Å². The Kier molecular flexibility index (Phi) is 2.91. The van der Waals surface area contributed by atoms with E-state index in [-0.39, 0.29) is 4.31 Å². The van der Waals surface area contributed by atoms with Crippen LogP contribution in [0.1, 0.15) is 20.3 Å². The molecule has 0 aromatic carbocycles. The number of carbonyl (C=O) groups excluding carboxylic acids is 1. The molecule has 0 saturated carbocycles. The molecule has 0 aliphatic carbocycles. The van der Waals surface area contributed by atoms with Crippen LogP contribution in [0.25, 0.3) is 0 Å². The van der Waals surface area contributed by atoms with Gasteiger partial charge in [0.1, 0.15) is 0 Å². The summed E-state index contributed by atoms with van der Waals surface area (Å²) < 4.78 is 21.7. The molecule has 1 saturated heterocycles. The molecule has 1 aliphatic heterocycles. The molecule has 0 bridgehead atoms. The zero-order chi connectivity index (χ0) is 13.6. The normalized spacial score (nSPS) is 22.7. The van der Waals surface area contributed by atoms with Crippen molar-refractivity contribution in [1.82, 2.24) is 4.31 Å². The van der Waals surface area contributed by atoms with Gasteiger partial charge in [0.15, 0.2) is 10.8 Å². The molecular formula is C8H11NO7S. The van der Waals surface area contributed by atoms with E-state index >= 15 is 0 Å². The van der Waals surface area contributed by atoms with Crippen LogP contribution < -0.4 is 0 Å². The van der Waals surface area contributed by atoms with Crippen LogP contribution in [0.2, 0.25) is 0 Å². The van der Waals surface area contributed by atoms with Crippen LogP contribution in [0.4, 0.5) is 0 Å². The number of rotatable bonds is 4. The Bertz CT molecular complexity index is 492. The predicted molar refractivity (Wildman–Crippen MR) is 53.5 cm³/mol. The number of carbonyl (C=O) groups is 3. The van der Waals surface area contributed by atoms with E-state index in [1.807, 2.05) is 0 Å². The van der Waals surface area contributed by atoms with Crippen molar-refractivity contribution in [3.63, 3.8) is 0 Å². The van der Waals surface area contributed by atoms with Gasteiger partial charge in [0.2, 0.25) is 0 Å². The zero-order valence-corrected chi connectivity index (χ0v) is 9.89. The highest BCUT2D eigenvalue weighted by molar-refractivity contribution is 7.94. The fourth-order valence-corrected chi connectivity index (χ4v) is 3.06. The number of amides is 1. The van der Waals surface area contributed by atoms with E-state index < -0.39 is 45.1 Å². The Hall–Kier alpha value is -1.64. The molecule has 96 valence electrons. The second-order valence-corrected chi connectivity index (χ2v) is 6.43. The van der Waals surface area contributed by atoms with Gasteiger partial charge in [-0.05, 0) is 13.8 Å². The van der Waals surface area contributed by atoms with E-state index in [0.717, 1.165) is 13.8 Å². The van der Waals surface area contributed by atoms with E-state index in [0.29, 0.717) is 0 Å². The summed E-state index contributed by atoms with van der Waals surface area (Å²) in [7, 11) is -4.10. The molecule has 1 unspecified atom stereocenters. The molecule has 0 radical (unpaired) electrons. The SMILES string of the molecule is CC1(C)C(=O)N(C(CC(=O)O)C(=O)O)S1(=O)=O. The molecule has 1 rings (SSSR count). The molecule has 1 heterocycles. The summed E-state index contributed by atoms with van der Waals surface area (Å²) in [6.07, 6.45) is -0.962. The first kappa shape index (κ1) is 13.4. The minimum absolute atomic E-state index is 0.128. The highest BCUT2D eigenvalue weighted by Crippen LogP contribution is 2.37. The Labute approximate surface area is 96.9 Å². The molecule has 1 fully saturated rings. The van der Waals surface area contributed by atoms with E-state index in [1.165, 1.54) is 0 Å². The van der Waals surface area contributed by atoms with Gasteiger partial charge >= 0.3 is 11.9 Å². The highest BCUT2D eigenvalue weighted by Gasteiger charge is 2.63. The number of nitrogens with zero attached hydrogens (tertiary/aromatic N) is 1. The highest BCUT2D eigenvalue weighted by atomic mass is 32.2.